The lowest BCUT2D eigenvalue weighted by Gasteiger charge is -2.00. The maximum atomic E-state index is 10.8. The van der Waals surface area contributed by atoms with E-state index in [4.69, 9.17) is 12.2 Å². The molecule has 0 radical (unpaired) electrons. The van der Waals surface area contributed by atoms with E-state index in [2.05, 4.69) is 17.2 Å². The van der Waals surface area contributed by atoms with Crippen LogP contribution in [0.1, 0.15) is 26.0 Å². The van der Waals surface area contributed by atoms with Crippen LogP contribution in [0.4, 0.5) is 5.00 Å². The molecule has 1 amide bonds. The number of carbonyl (C=O) groups excluding carboxylic acids is 1. The second-order valence-corrected chi connectivity index (χ2v) is 4.44. The Morgan fingerprint density at radius 3 is 2.92 bits per heavy atom. The van der Waals surface area contributed by atoms with Gasteiger partial charge in [-0.15, -0.1) is 0 Å². The summed E-state index contributed by atoms with van der Waals surface area (Å²) in [6.45, 7) is 3.59. The summed E-state index contributed by atoms with van der Waals surface area (Å²) in [6, 6.07) is 0. The minimum Gasteiger partial charge on any atom is -0.339 e. The monoisotopic (exact) mass is 216 g/mol. The van der Waals surface area contributed by atoms with Crippen LogP contribution in [0.5, 0.6) is 0 Å². The van der Waals surface area contributed by atoms with Crippen molar-refractivity contribution in [3.63, 3.8) is 0 Å². The fourth-order valence-electron chi connectivity index (χ4n) is 1.05. The average molecular weight is 216 g/mol. The normalized spacial score (nSPS) is 10.0. The summed E-state index contributed by atoms with van der Waals surface area (Å²) in [6.07, 6.45) is 1.96. The molecule has 0 aromatic carbocycles. The Morgan fingerprint density at radius 2 is 2.38 bits per heavy atom. The maximum Gasteiger partial charge on any atom is 0.221 e. The average Bonchev–Trinajstić information content (AvgIpc) is 2.31. The van der Waals surface area contributed by atoms with Gasteiger partial charge in [-0.2, -0.15) is 0 Å². The summed E-state index contributed by atoms with van der Waals surface area (Å²) in [4.78, 5) is 13.9. The van der Waals surface area contributed by atoms with Gasteiger partial charge in [-0.3, -0.25) is 4.79 Å². The number of H-pyrrole nitrogens is 1. The van der Waals surface area contributed by atoms with E-state index in [1.165, 1.54) is 18.3 Å². The van der Waals surface area contributed by atoms with E-state index < -0.39 is 0 Å². The third-order valence-electron chi connectivity index (χ3n) is 1.51. The quantitative estimate of drug-likeness (QED) is 0.763. The van der Waals surface area contributed by atoms with Crippen molar-refractivity contribution in [3.05, 3.63) is 9.65 Å². The number of thiazole rings is 1. The highest BCUT2D eigenvalue weighted by molar-refractivity contribution is 7.73. The topological polar surface area (TPSA) is 44.9 Å². The molecule has 0 spiro atoms. The van der Waals surface area contributed by atoms with Gasteiger partial charge in [0.2, 0.25) is 5.91 Å². The maximum absolute atomic E-state index is 10.8. The Kier molecular flexibility index (Phi) is 3.62. The smallest absolute Gasteiger partial charge is 0.221 e. The molecule has 2 N–H and O–H groups in total. The number of carbonyl (C=O) groups is 1. The molecule has 1 aromatic rings. The van der Waals surface area contributed by atoms with Crippen LogP contribution in [0.3, 0.4) is 0 Å². The van der Waals surface area contributed by atoms with Gasteiger partial charge in [0.05, 0.1) is 5.69 Å². The van der Waals surface area contributed by atoms with Gasteiger partial charge < -0.3 is 10.3 Å². The number of hydrogen-bond donors (Lipinski definition) is 2. The minimum absolute atomic E-state index is 0.0531. The zero-order chi connectivity index (χ0) is 9.84. The van der Waals surface area contributed by atoms with Crippen molar-refractivity contribution in [1.29, 1.82) is 0 Å². The van der Waals surface area contributed by atoms with Crippen molar-refractivity contribution in [3.8, 4) is 0 Å². The number of amides is 1. The Bertz CT molecular complexity index is 353. The van der Waals surface area contributed by atoms with Gasteiger partial charge in [-0.1, -0.05) is 24.7 Å². The van der Waals surface area contributed by atoms with E-state index in [0.717, 1.165) is 23.5 Å². The highest BCUT2D eigenvalue weighted by atomic mass is 32.1. The molecular weight excluding hydrogens is 204 g/mol. The van der Waals surface area contributed by atoms with Crippen molar-refractivity contribution < 1.29 is 4.79 Å². The summed E-state index contributed by atoms with van der Waals surface area (Å²) in [5.74, 6) is -0.0531. The standard InChI is InChI=1S/C8H12N2OS2/c1-3-4-6-7(9-5(2)11)13-8(12)10-6/h3-4H2,1-2H3,(H,9,11)(H,10,12). The largest absolute Gasteiger partial charge is 0.339 e. The SMILES string of the molecule is CCCc1[nH]c(=S)sc1NC(C)=O. The Balaban J connectivity index is 2.90. The Labute approximate surface area is 86.2 Å². The van der Waals surface area contributed by atoms with Gasteiger partial charge in [0.15, 0.2) is 3.95 Å². The van der Waals surface area contributed by atoms with Crippen molar-refractivity contribution in [2.24, 2.45) is 0 Å². The molecule has 13 heavy (non-hydrogen) atoms. The number of aromatic amines is 1. The Morgan fingerprint density at radius 1 is 1.69 bits per heavy atom. The van der Waals surface area contributed by atoms with Crippen molar-refractivity contribution >= 4 is 34.5 Å². The molecule has 1 aromatic heterocycles. The van der Waals surface area contributed by atoms with Gasteiger partial charge in [-0.25, -0.2) is 0 Å². The summed E-state index contributed by atoms with van der Waals surface area (Å²) < 4.78 is 0.715. The first kappa shape index (κ1) is 10.4. The number of rotatable bonds is 3. The summed E-state index contributed by atoms with van der Waals surface area (Å²) in [7, 11) is 0. The van der Waals surface area contributed by atoms with Gasteiger partial charge in [0, 0.05) is 6.92 Å². The van der Waals surface area contributed by atoms with Crippen LogP contribution in [0.15, 0.2) is 0 Å². The van der Waals surface area contributed by atoms with Gasteiger partial charge in [-0.05, 0) is 18.6 Å². The number of anilines is 1. The van der Waals surface area contributed by atoms with Crippen LogP contribution in [0, 0.1) is 3.95 Å². The molecule has 0 atom stereocenters. The first-order valence-electron chi connectivity index (χ1n) is 4.13. The van der Waals surface area contributed by atoms with Gasteiger partial charge in [0.25, 0.3) is 0 Å². The zero-order valence-corrected chi connectivity index (χ0v) is 9.27. The van der Waals surface area contributed by atoms with Crippen LogP contribution >= 0.6 is 23.6 Å². The molecule has 1 heterocycles. The number of nitrogens with one attached hydrogen (secondary N) is 2. The minimum atomic E-state index is -0.0531. The lowest BCUT2D eigenvalue weighted by molar-refractivity contribution is -0.114. The molecule has 0 aliphatic carbocycles. The van der Waals surface area contributed by atoms with Crippen molar-refractivity contribution in [2.75, 3.05) is 5.32 Å². The van der Waals surface area contributed by atoms with Crippen molar-refractivity contribution in [2.45, 2.75) is 26.7 Å². The molecule has 0 bridgehead atoms. The molecule has 0 aliphatic heterocycles. The lowest BCUT2D eigenvalue weighted by Crippen LogP contribution is -2.06. The van der Waals surface area contributed by atoms with Gasteiger partial charge in [0.1, 0.15) is 5.00 Å². The molecule has 1 rings (SSSR count). The molecular formula is C8H12N2OS2. The third kappa shape index (κ3) is 2.93. The molecule has 0 saturated heterocycles. The fourth-order valence-corrected chi connectivity index (χ4v) is 2.25. The molecule has 5 heteroatoms. The number of hydrogen-bond acceptors (Lipinski definition) is 3. The van der Waals surface area contributed by atoms with E-state index in [-0.39, 0.29) is 5.91 Å². The lowest BCUT2D eigenvalue weighted by atomic mass is 10.3. The molecule has 0 unspecified atom stereocenters. The van der Waals surface area contributed by atoms with E-state index in [1.807, 2.05) is 0 Å². The van der Waals surface area contributed by atoms with E-state index in [9.17, 15) is 4.79 Å². The molecule has 0 saturated carbocycles. The predicted molar refractivity (Wildman–Crippen MR) is 57.8 cm³/mol. The molecule has 72 valence electrons. The third-order valence-corrected chi connectivity index (χ3v) is 2.70. The second-order valence-electron chi connectivity index (χ2n) is 2.75. The highest BCUT2D eigenvalue weighted by Crippen LogP contribution is 2.22. The molecule has 0 aliphatic rings. The fraction of sp³-hybridized carbons (Fsp3) is 0.500. The summed E-state index contributed by atoms with van der Waals surface area (Å²) in [5.41, 5.74) is 1.03. The van der Waals surface area contributed by atoms with Crippen LogP contribution in [0.2, 0.25) is 0 Å². The molecule has 3 nitrogen and oxygen atoms in total. The number of aryl methyl sites for hydroxylation is 1. The predicted octanol–water partition coefficient (Wildman–Crippen LogP) is 2.72. The zero-order valence-electron chi connectivity index (χ0n) is 7.64. The van der Waals surface area contributed by atoms with E-state index in [0.29, 0.717) is 3.95 Å². The summed E-state index contributed by atoms with van der Waals surface area (Å²) in [5, 5.41) is 3.62. The van der Waals surface area contributed by atoms with E-state index in [1.54, 1.807) is 0 Å². The van der Waals surface area contributed by atoms with E-state index >= 15 is 0 Å². The summed E-state index contributed by atoms with van der Waals surface area (Å²) >= 11 is 6.41. The van der Waals surface area contributed by atoms with Gasteiger partial charge >= 0.3 is 0 Å². The second kappa shape index (κ2) is 4.53. The van der Waals surface area contributed by atoms with Crippen LogP contribution < -0.4 is 5.32 Å². The van der Waals surface area contributed by atoms with Crippen LogP contribution in [-0.2, 0) is 11.2 Å². The van der Waals surface area contributed by atoms with Crippen LogP contribution in [0.25, 0.3) is 0 Å². The first-order valence-corrected chi connectivity index (χ1v) is 5.35. The first-order chi connectivity index (χ1) is 6.13. The molecule has 0 fully saturated rings. The Hall–Kier alpha value is -0.680. The highest BCUT2D eigenvalue weighted by Gasteiger charge is 2.06. The van der Waals surface area contributed by atoms with Crippen molar-refractivity contribution in [1.82, 2.24) is 4.98 Å². The van der Waals surface area contributed by atoms with Crippen LogP contribution in [-0.4, -0.2) is 10.9 Å². The number of aromatic nitrogens is 1.